The second-order valence-corrected chi connectivity index (χ2v) is 29.7. The lowest BCUT2D eigenvalue weighted by molar-refractivity contribution is -0.137. The fourth-order valence-electron chi connectivity index (χ4n) is 12.0. The number of aliphatic hydroxyl groups is 1. The summed E-state index contributed by atoms with van der Waals surface area (Å²) >= 11 is 0. The maximum atomic E-state index is 12.7. The normalized spacial score (nSPS) is 15.1. The van der Waals surface area contributed by atoms with Gasteiger partial charge in [0.15, 0.2) is 17.2 Å². The summed E-state index contributed by atoms with van der Waals surface area (Å²) in [5.74, 6) is 4.39. The molecule has 3 fully saturated rings. The van der Waals surface area contributed by atoms with Crippen LogP contribution < -0.4 is 49.7 Å². The van der Waals surface area contributed by atoms with Crippen LogP contribution in [0.25, 0.3) is 18.2 Å². The molecule has 0 saturated carbocycles. The van der Waals surface area contributed by atoms with Crippen LogP contribution in [0.1, 0.15) is 152 Å². The lowest BCUT2D eigenvalue weighted by atomic mass is 10.1. The van der Waals surface area contributed by atoms with Crippen LogP contribution in [0, 0.1) is 0 Å². The molecule has 0 aromatic heterocycles. The number of nitrogens with one attached hydrogen (secondary N) is 4. The van der Waals surface area contributed by atoms with Gasteiger partial charge in [0, 0.05) is 77.7 Å². The van der Waals surface area contributed by atoms with Crippen molar-refractivity contribution in [3.8, 4) is 51.7 Å². The van der Waals surface area contributed by atoms with Gasteiger partial charge in [-0.15, -0.1) is 0 Å². The van der Waals surface area contributed by atoms with Gasteiger partial charge in [0.2, 0.25) is 5.91 Å². The number of carbonyl (C=O) groups is 6. The molecule has 0 unspecified atom stereocenters. The van der Waals surface area contributed by atoms with Gasteiger partial charge >= 0.3 is 30.2 Å². The Kier molecular flexibility index (Phi) is 39.6. The van der Waals surface area contributed by atoms with Crippen molar-refractivity contribution in [3.63, 3.8) is 0 Å². The number of methoxy groups -OCH3 is 3. The molecule has 3 atom stereocenters. The minimum Gasteiger partial charge on any atom is -0.497 e. The Morgan fingerprint density at radius 3 is 0.991 bits per heavy atom. The van der Waals surface area contributed by atoms with Crippen molar-refractivity contribution in [2.75, 3.05) is 116 Å². The second-order valence-electron chi connectivity index (χ2n) is 29.7. The number of esters is 1. The molecule has 3 aliphatic heterocycles. The van der Waals surface area contributed by atoms with Crippen LogP contribution in [0.2, 0.25) is 0 Å². The summed E-state index contributed by atoms with van der Waals surface area (Å²) in [7, 11) is 5.83. The zero-order chi connectivity index (χ0) is 84.7. The number of anilines is 3. The first-order valence-electron chi connectivity index (χ1n) is 39.3. The minimum atomic E-state index is -1.02. The Labute approximate surface area is 680 Å². The highest BCUT2D eigenvalue weighted by Gasteiger charge is 2.35. The number of likely N-dealkylation sites (tertiary alicyclic amines) is 3. The molecule has 0 bridgehead atoms. The summed E-state index contributed by atoms with van der Waals surface area (Å²) in [6.07, 6.45) is 13.6. The van der Waals surface area contributed by atoms with E-state index in [1.165, 1.54) is 12.2 Å². The van der Waals surface area contributed by atoms with Gasteiger partial charge in [-0.2, -0.15) is 0 Å². The van der Waals surface area contributed by atoms with Crippen LogP contribution in [0.5, 0.6) is 51.7 Å². The minimum absolute atomic E-state index is 0.00438. The fraction of sp³-hybridized carbons (Fsp3) is 0.461. The Morgan fingerprint density at radius 2 is 0.730 bits per heavy atom. The Bertz CT molecular complexity index is 4070. The van der Waals surface area contributed by atoms with Gasteiger partial charge in [0.1, 0.15) is 51.3 Å². The van der Waals surface area contributed by atoms with E-state index in [-0.39, 0.29) is 42.3 Å². The molecule has 0 spiro atoms. The summed E-state index contributed by atoms with van der Waals surface area (Å²) in [6, 6.07) is 38.7. The van der Waals surface area contributed by atoms with E-state index in [0.29, 0.717) is 105 Å². The molecule has 26 heteroatoms. The molecule has 6 aromatic carbocycles. The third kappa shape index (κ3) is 33.8. The highest BCUT2D eigenvalue weighted by atomic mass is 16.6. The highest BCUT2D eigenvalue weighted by molar-refractivity contribution is 5.92. The first-order chi connectivity index (χ1) is 54.9. The van der Waals surface area contributed by atoms with E-state index in [0.717, 1.165) is 104 Å². The molecule has 4 amide bonds. The molecule has 6 aromatic rings. The predicted molar refractivity (Wildman–Crippen MR) is 454 cm³/mol. The fourth-order valence-corrected chi connectivity index (χ4v) is 12.0. The Hall–Kier alpha value is -11.1. The maximum Gasteiger partial charge on any atom is 0.410 e. The number of aliphatic carboxylic acids is 1. The quantitative estimate of drug-likeness (QED) is 0.0144. The van der Waals surface area contributed by atoms with Gasteiger partial charge in [0.05, 0.1) is 63.1 Å². The van der Waals surface area contributed by atoms with E-state index >= 15 is 0 Å². The van der Waals surface area contributed by atoms with E-state index < -0.39 is 28.7 Å². The van der Waals surface area contributed by atoms with Crippen molar-refractivity contribution in [2.45, 2.75) is 170 Å². The van der Waals surface area contributed by atoms with Gasteiger partial charge in [-0.3, -0.25) is 4.79 Å². The van der Waals surface area contributed by atoms with Gasteiger partial charge in [-0.25, -0.2) is 24.0 Å². The van der Waals surface area contributed by atoms with E-state index in [1.807, 2.05) is 173 Å². The molecule has 3 heterocycles. The van der Waals surface area contributed by atoms with Crippen LogP contribution in [0.4, 0.5) is 31.4 Å². The largest absolute Gasteiger partial charge is 0.497 e. The van der Waals surface area contributed by atoms with Crippen molar-refractivity contribution in [2.24, 2.45) is 0 Å². The van der Waals surface area contributed by atoms with Crippen LogP contribution in [0.15, 0.2) is 146 Å². The van der Waals surface area contributed by atoms with E-state index in [1.54, 1.807) is 96.4 Å². The summed E-state index contributed by atoms with van der Waals surface area (Å²) in [5.41, 5.74) is 3.00. The van der Waals surface area contributed by atoms with E-state index in [4.69, 9.17) is 57.6 Å². The summed E-state index contributed by atoms with van der Waals surface area (Å²) in [6.45, 7) is 34.2. The van der Waals surface area contributed by atoms with Crippen LogP contribution in [-0.4, -0.2) is 201 Å². The van der Waals surface area contributed by atoms with Crippen molar-refractivity contribution >= 4 is 71.4 Å². The van der Waals surface area contributed by atoms with Crippen LogP contribution in [0.3, 0.4) is 0 Å². The zero-order valence-corrected chi connectivity index (χ0v) is 70.6. The molecule has 0 aliphatic carbocycles. The van der Waals surface area contributed by atoms with Crippen molar-refractivity contribution in [1.29, 1.82) is 0 Å². The first kappa shape index (κ1) is 94.5. The molecule has 9 rings (SSSR count). The molecule has 6 N–H and O–H groups in total. The smallest absolute Gasteiger partial charge is 0.410 e. The summed E-state index contributed by atoms with van der Waals surface area (Å²) < 4.78 is 55.9. The zero-order valence-electron chi connectivity index (χ0n) is 70.6. The number of aliphatic hydroxyl groups excluding tert-OH is 1. The molecular formula is C89H124N8O18. The van der Waals surface area contributed by atoms with Gasteiger partial charge in [-0.05, 0) is 279 Å². The van der Waals surface area contributed by atoms with E-state index in [2.05, 4.69) is 35.1 Å². The van der Waals surface area contributed by atoms with E-state index in [9.17, 15) is 28.8 Å². The molecule has 628 valence electrons. The third-order valence-electron chi connectivity index (χ3n) is 17.6. The average molecular weight is 1590 g/mol. The number of likely N-dealkylation sites (N-methyl/N-ethyl adjacent to an activating group) is 1. The number of nitrogens with zero attached hydrogens (tertiary/aromatic N) is 4. The van der Waals surface area contributed by atoms with Gasteiger partial charge in [-0.1, -0.05) is 32.0 Å². The number of ether oxygens (including phenoxy) is 10. The molecular weight excluding hydrogens is 1470 g/mol. The Balaban J connectivity index is 0.000000296. The predicted octanol–water partition coefficient (Wildman–Crippen LogP) is 17.7. The summed E-state index contributed by atoms with van der Waals surface area (Å²) in [4.78, 5) is 80.2. The Morgan fingerprint density at radius 1 is 0.435 bits per heavy atom. The van der Waals surface area contributed by atoms with Crippen molar-refractivity contribution in [3.05, 3.63) is 162 Å². The lowest BCUT2D eigenvalue weighted by Crippen LogP contribution is -2.42. The standard InChI is InChI=1S/C30H41N3O5.C28H36N2O6.C26H32N2O6.C4H11N.CH4O/c1-7-32(8-2)28(34)18-12-22-11-17-26(27(20-22)37-25-15-13-24(36-6)14-16-25)31-21-23-10-9-19-33(23)29(35)38-30(3,4)5;1-6-34-26(31)16-10-20-9-15-24(25(18-20)35-23-13-11-22(33-5)12-14-23)29-19-21-8-7-17-30(21)27(32)36-28(2,3)4;1-26(2,3)34-25(31)28-15-5-6-19(28)17-27-22-13-7-18(8-14-24(29)30)16-23(22)33-21-11-9-20(32-4)10-12-21;1-3-5-4-2;1-2/h11-18,20,23,31H,7-10,19,21H2,1-6H3;9-16,18,21,29H,6-8,17,19H2,1-5H3;7-14,16,19,27H,5-6,15,17H2,1-4H3,(H,29,30);5H,3-4H2,1-2H3;2H,1H3/b18-12+;16-10+;14-8+;;/t23-;21-;19-;;/m000../s1. The first-order valence-corrected chi connectivity index (χ1v) is 39.3. The number of hydrogen-bond donors (Lipinski definition) is 6. The molecule has 3 saturated heterocycles. The molecule has 3 aliphatic rings. The van der Waals surface area contributed by atoms with Gasteiger partial charge < -0.3 is 98.4 Å². The number of carbonyl (C=O) groups excluding carboxylic acids is 5. The highest BCUT2D eigenvalue weighted by Crippen LogP contribution is 2.37. The van der Waals surface area contributed by atoms with Crippen molar-refractivity contribution in [1.82, 2.24) is 24.9 Å². The van der Waals surface area contributed by atoms with Crippen LogP contribution >= 0.6 is 0 Å². The lowest BCUT2D eigenvalue weighted by Gasteiger charge is -2.29. The number of benzene rings is 6. The SMILES string of the molecule is CCN(CC)C(=O)/C=C/c1ccc(NC[C@@H]2CCCN2C(=O)OC(C)(C)C)c(Oc2ccc(OC)cc2)c1.CCNCC.CCOC(=O)/C=C/c1ccc(NC[C@@H]2CCCN2C(=O)OC(C)(C)C)c(Oc2ccc(OC)cc2)c1.CO.COc1ccc(Oc2cc(/C=C/C(=O)O)ccc2NC[C@@H]2CCCN2C(=O)OC(C)(C)C)cc1. The molecule has 26 nitrogen and oxygen atoms in total. The number of carboxylic acids is 1. The number of amides is 4. The number of hydrogen-bond acceptors (Lipinski definition) is 21. The van der Waals surface area contributed by atoms with Gasteiger partial charge in [0.25, 0.3) is 0 Å². The second kappa shape index (κ2) is 48.2. The molecule has 115 heavy (non-hydrogen) atoms. The topological polar surface area (TPSA) is 296 Å². The monoisotopic (exact) mass is 1590 g/mol. The number of rotatable bonds is 29. The van der Waals surface area contributed by atoms with Crippen molar-refractivity contribution < 1.29 is 86.3 Å². The average Bonchev–Trinajstić information content (AvgIpc) is 1.70. The molecule has 0 radical (unpaired) electrons. The third-order valence-corrected chi connectivity index (χ3v) is 17.6. The summed E-state index contributed by atoms with van der Waals surface area (Å²) in [5, 5.41) is 29.4. The maximum absolute atomic E-state index is 12.7. The van der Waals surface area contributed by atoms with Crippen LogP contribution in [-0.2, 0) is 33.3 Å². The number of carboxylic acid groups (broad SMARTS) is 1.